The Morgan fingerprint density at radius 3 is 2.76 bits per heavy atom. The zero-order chi connectivity index (χ0) is 12.8. The molecule has 0 saturated carbocycles. The first-order valence-corrected chi connectivity index (χ1v) is 7.13. The lowest BCUT2D eigenvalue weighted by molar-refractivity contribution is 0.663. The summed E-state index contributed by atoms with van der Waals surface area (Å²) in [6.07, 6.45) is 0. The van der Waals surface area contributed by atoms with E-state index in [0.717, 1.165) is 20.3 Å². The van der Waals surface area contributed by atoms with Gasteiger partial charge in [-0.1, -0.05) is 13.8 Å². The van der Waals surface area contributed by atoms with Crippen LogP contribution in [0.1, 0.15) is 13.8 Å². The number of nitrogens with one attached hydrogen (secondary N) is 2. The van der Waals surface area contributed by atoms with E-state index >= 15 is 0 Å². The first kappa shape index (κ1) is 14.7. The molecule has 6 heteroatoms. The highest BCUT2D eigenvalue weighted by Crippen LogP contribution is 2.22. The predicted octanol–water partition coefficient (Wildman–Crippen LogP) is 2.94. The highest BCUT2D eigenvalue weighted by molar-refractivity contribution is 14.1. The van der Waals surface area contributed by atoms with Crippen molar-refractivity contribution in [3.05, 3.63) is 26.2 Å². The van der Waals surface area contributed by atoms with Crippen LogP contribution in [0, 0.1) is 9.49 Å². The van der Waals surface area contributed by atoms with Crippen molar-refractivity contribution < 1.29 is 0 Å². The van der Waals surface area contributed by atoms with Gasteiger partial charge in [0.15, 0.2) is 0 Å². The molecule has 0 aliphatic heterocycles. The highest BCUT2D eigenvalue weighted by atomic mass is 127. The zero-order valence-corrected chi connectivity index (χ0v) is 13.5. The smallest absolute Gasteiger partial charge is 0.210 e. The molecule has 1 rings (SSSR count). The minimum Gasteiger partial charge on any atom is -0.325 e. The maximum absolute atomic E-state index is 5.42. The van der Waals surface area contributed by atoms with Gasteiger partial charge in [0.05, 0.1) is 0 Å². The summed E-state index contributed by atoms with van der Waals surface area (Å²) < 4.78 is 2.21. The average Bonchev–Trinajstić information content (AvgIpc) is 2.28. The van der Waals surface area contributed by atoms with Crippen molar-refractivity contribution in [2.24, 2.45) is 16.8 Å². The number of aliphatic imine (C=N–C) groups is 1. The molecule has 0 spiro atoms. The first-order valence-electron chi connectivity index (χ1n) is 5.26. The van der Waals surface area contributed by atoms with E-state index in [4.69, 9.17) is 5.84 Å². The Labute approximate surface area is 124 Å². The van der Waals surface area contributed by atoms with Crippen LogP contribution in [0.2, 0.25) is 0 Å². The van der Waals surface area contributed by atoms with Gasteiger partial charge in [0.1, 0.15) is 0 Å². The monoisotopic (exact) mass is 410 g/mol. The lowest BCUT2D eigenvalue weighted by Crippen LogP contribution is -2.36. The Kier molecular flexibility index (Phi) is 6.21. The maximum atomic E-state index is 5.42. The number of halogens is 2. The average molecular weight is 411 g/mol. The van der Waals surface area contributed by atoms with Crippen LogP contribution in [-0.4, -0.2) is 12.5 Å². The van der Waals surface area contributed by atoms with Crippen LogP contribution in [0.3, 0.4) is 0 Å². The Morgan fingerprint density at radius 2 is 2.24 bits per heavy atom. The van der Waals surface area contributed by atoms with Gasteiger partial charge >= 0.3 is 0 Å². The van der Waals surface area contributed by atoms with Crippen molar-refractivity contribution >= 4 is 50.2 Å². The molecular weight excluding hydrogens is 395 g/mol. The summed E-state index contributed by atoms with van der Waals surface area (Å²) in [7, 11) is 0. The van der Waals surface area contributed by atoms with Crippen LogP contribution in [0.5, 0.6) is 0 Å². The lowest BCUT2D eigenvalue weighted by Gasteiger charge is -2.10. The first-order chi connectivity index (χ1) is 8.02. The summed E-state index contributed by atoms with van der Waals surface area (Å²) in [5, 5.41) is 3.14. The van der Waals surface area contributed by atoms with Gasteiger partial charge in [-0.3, -0.25) is 10.4 Å². The number of hydrogen-bond donors (Lipinski definition) is 3. The van der Waals surface area contributed by atoms with E-state index in [1.165, 1.54) is 0 Å². The zero-order valence-electron chi connectivity index (χ0n) is 9.80. The number of hydrogen-bond acceptors (Lipinski definition) is 2. The molecule has 4 N–H and O–H groups in total. The Hall–Kier alpha value is -0.340. The van der Waals surface area contributed by atoms with Crippen LogP contribution in [0.4, 0.5) is 5.69 Å². The van der Waals surface area contributed by atoms with E-state index in [1.54, 1.807) is 0 Å². The third-order valence-corrected chi connectivity index (χ3v) is 4.26. The summed E-state index contributed by atoms with van der Waals surface area (Å²) in [5.74, 6) is 6.51. The number of nitrogens with two attached hydrogens (primary N) is 1. The second-order valence-corrected chi connectivity index (χ2v) is 6.00. The summed E-state index contributed by atoms with van der Waals surface area (Å²) in [6.45, 7) is 4.96. The Balaban J connectivity index is 2.73. The number of benzene rings is 1. The molecule has 0 fully saturated rings. The SMILES string of the molecule is CC(C)CN=C(NN)Nc1ccc(Br)c(I)c1. The Bertz CT molecular complexity index is 406. The van der Waals surface area contributed by atoms with Crippen LogP contribution >= 0.6 is 38.5 Å². The summed E-state index contributed by atoms with van der Waals surface area (Å²) in [5.41, 5.74) is 3.52. The fourth-order valence-corrected chi connectivity index (χ4v) is 1.87. The predicted molar refractivity (Wildman–Crippen MR) is 84.9 cm³/mol. The highest BCUT2D eigenvalue weighted by Gasteiger charge is 2.01. The standard InChI is InChI=1S/C11H16BrIN4/c1-7(2)6-15-11(17-14)16-8-3-4-9(12)10(13)5-8/h3-5,7H,6,14H2,1-2H3,(H2,15,16,17). The summed E-state index contributed by atoms with van der Waals surface area (Å²) in [4.78, 5) is 4.34. The van der Waals surface area contributed by atoms with Crippen LogP contribution in [0.25, 0.3) is 0 Å². The van der Waals surface area contributed by atoms with Crippen molar-refractivity contribution in [3.63, 3.8) is 0 Å². The third kappa shape index (κ3) is 5.22. The minimum absolute atomic E-state index is 0.505. The van der Waals surface area contributed by atoms with E-state index < -0.39 is 0 Å². The maximum Gasteiger partial charge on any atom is 0.210 e. The molecule has 0 bridgehead atoms. The van der Waals surface area contributed by atoms with E-state index in [9.17, 15) is 0 Å². The van der Waals surface area contributed by atoms with Crippen LogP contribution in [-0.2, 0) is 0 Å². The fourth-order valence-electron chi connectivity index (χ4n) is 1.11. The van der Waals surface area contributed by atoms with Crippen molar-refractivity contribution in [2.45, 2.75) is 13.8 Å². The summed E-state index contributed by atoms with van der Waals surface area (Å²) >= 11 is 5.72. The number of anilines is 1. The molecule has 0 atom stereocenters. The Morgan fingerprint density at radius 1 is 1.53 bits per heavy atom. The molecule has 0 amide bonds. The lowest BCUT2D eigenvalue weighted by atomic mass is 10.2. The molecule has 17 heavy (non-hydrogen) atoms. The van der Waals surface area contributed by atoms with Gasteiger partial charge in [0.25, 0.3) is 0 Å². The molecule has 0 heterocycles. The van der Waals surface area contributed by atoms with Crippen LogP contribution in [0.15, 0.2) is 27.7 Å². The van der Waals surface area contributed by atoms with Gasteiger partial charge in [-0.2, -0.15) is 0 Å². The van der Waals surface area contributed by atoms with Gasteiger partial charge in [0, 0.05) is 20.3 Å². The summed E-state index contributed by atoms with van der Waals surface area (Å²) in [6, 6.07) is 5.97. The molecule has 0 aliphatic rings. The molecule has 4 nitrogen and oxygen atoms in total. The third-order valence-electron chi connectivity index (χ3n) is 1.93. The van der Waals surface area contributed by atoms with Gasteiger partial charge in [-0.05, 0) is 62.6 Å². The van der Waals surface area contributed by atoms with Crippen molar-refractivity contribution in [3.8, 4) is 0 Å². The molecule has 0 aromatic heterocycles. The topological polar surface area (TPSA) is 62.4 Å². The minimum atomic E-state index is 0.505. The van der Waals surface area contributed by atoms with E-state index in [2.05, 4.69) is 68.1 Å². The van der Waals surface area contributed by atoms with E-state index in [-0.39, 0.29) is 0 Å². The number of nitrogens with zero attached hydrogens (tertiary/aromatic N) is 1. The van der Waals surface area contributed by atoms with Gasteiger partial charge in [-0.25, -0.2) is 5.84 Å². The molecule has 0 aliphatic carbocycles. The largest absolute Gasteiger partial charge is 0.325 e. The molecule has 94 valence electrons. The van der Waals surface area contributed by atoms with Gasteiger partial charge in [-0.15, -0.1) is 0 Å². The second kappa shape index (κ2) is 7.17. The quantitative estimate of drug-likeness (QED) is 0.236. The van der Waals surface area contributed by atoms with Crippen molar-refractivity contribution in [1.82, 2.24) is 5.43 Å². The molecule has 1 aromatic carbocycles. The number of guanidine groups is 1. The molecule has 0 saturated heterocycles. The van der Waals surface area contributed by atoms with E-state index in [1.807, 2.05) is 18.2 Å². The number of rotatable bonds is 3. The van der Waals surface area contributed by atoms with E-state index in [0.29, 0.717) is 11.9 Å². The van der Waals surface area contributed by atoms with Gasteiger partial charge in [0.2, 0.25) is 5.96 Å². The van der Waals surface area contributed by atoms with Gasteiger partial charge < -0.3 is 5.32 Å². The molecular formula is C11H16BrIN4. The second-order valence-electron chi connectivity index (χ2n) is 3.98. The van der Waals surface area contributed by atoms with Crippen LogP contribution < -0.4 is 16.6 Å². The molecule has 0 unspecified atom stereocenters. The molecule has 0 radical (unpaired) electrons. The fraction of sp³-hybridized carbons (Fsp3) is 0.364. The van der Waals surface area contributed by atoms with Crippen molar-refractivity contribution in [2.75, 3.05) is 11.9 Å². The number of hydrazine groups is 1. The van der Waals surface area contributed by atoms with Crippen molar-refractivity contribution in [1.29, 1.82) is 0 Å². The molecule has 1 aromatic rings. The normalized spacial score (nSPS) is 11.8.